The standard InChI is InChI=1S/C17H24F3N3O/c1-3-22(4-2)16(24)15(23-10-8-21-9-11-23)13-6-5-7-14(12-13)17(18,19)20/h5-7,12,15,21H,3-4,8-11H2,1-2H3. The summed E-state index contributed by atoms with van der Waals surface area (Å²) in [6.07, 6.45) is -4.41. The average molecular weight is 343 g/mol. The molecule has 7 heteroatoms. The molecular weight excluding hydrogens is 319 g/mol. The third-order valence-corrected chi connectivity index (χ3v) is 4.36. The summed E-state index contributed by atoms with van der Waals surface area (Å²) >= 11 is 0. The van der Waals surface area contributed by atoms with Crippen molar-refractivity contribution >= 4 is 5.91 Å². The van der Waals surface area contributed by atoms with Gasteiger partial charge in [0.1, 0.15) is 6.04 Å². The van der Waals surface area contributed by atoms with E-state index in [2.05, 4.69) is 5.32 Å². The first kappa shape index (κ1) is 18.7. The maximum atomic E-state index is 13.0. The Morgan fingerprint density at radius 2 is 1.88 bits per heavy atom. The lowest BCUT2D eigenvalue weighted by Crippen LogP contribution is -2.50. The Morgan fingerprint density at radius 3 is 2.42 bits per heavy atom. The van der Waals surface area contributed by atoms with Crippen LogP contribution in [0.15, 0.2) is 24.3 Å². The van der Waals surface area contributed by atoms with Gasteiger partial charge in [-0.2, -0.15) is 13.2 Å². The monoisotopic (exact) mass is 343 g/mol. The molecule has 0 saturated carbocycles. The van der Waals surface area contributed by atoms with Gasteiger partial charge in [-0.3, -0.25) is 9.69 Å². The molecule has 1 aliphatic heterocycles. The van der Waals surface area contributed by atoms with Crippen molar-refractivity contribution in [3.63, 3.8) is 0 Å². The van der Waals surface area contributed by atoms with Crippen LogP contribution < -0.4 is 5.32 Å². The predicted octanol–water partition coefficient (Wildman–Crippen LogP) is 2.52. The highest BCUT2D eigenvalue weighted by molar-refractivity contribution is 5.83. The van der Waals surface area contributed by atoms with Crippen molar-refractivity contribution in [2.45, 2.75) is 26.1 Å². The molecule has 0 aromatic heterocycles. The minimum Gasteiger partial charge on any atom is -0.342 e. The first-order chi connectivity index (χ1) is 11.4. The number of carbonyl (C=O) groups excluding carboxylic acids is 1. The molecule has 134 valence electrons. The van der Waals surface area contributed by atoms with Crippen molar-refractivity contribution in [1.29, 1.82) is 0 Å². The Kier molecular flexibility index (Phi) is 6.23. The van der Waals surface area contributed by atoms with E-state index in [-0.39, 0.29) is 5.91 Å². The van der Waals surface area contributed by atoms with Gasteiger partial charge in [0.2, 0.25) is 5.91 Å². The highest BCUT2D eigenvalue weighted by Gasteiger charge is 2.35. The lowest BCUT2D eigenvalue weighted by molar-refractivity contribution is -0.139. The summed E-state index contributed by atoms with van der Waals surface area (Å²) in [5, 5.41) is 3.21. The van der Waals surface area contributed by atoms with E-state index in [0.29, 0.717) is 31.7 Å². The number of carbonyl (C=O) groups is 1. The lowest BCUT2D eigenvalue weighted by Gasteiger charge is -2.37. The van der Waals surface area contributed by atoms with Gasteiger partial charge in [-0.15, -0.1) is 0 Å². The molecule has 0 bridgehead atoms. The van der Waals surface area contributed by atoms with E-state index in [9.17, 15) is 18.0 Å². The molecule has 0 radical (unpaired) electrons. The van der Waals surface area contributed by atoms with E-state index in [4.69, 9.17) is 0 Å². The van der Waals surface area contributed by atoms with E-state index < -0.39 is 17.8 Å². The van der Waals surface area contributed by atoms with Crippen molar-refractivity contribution < 1.29 is 18.0 Å². The molecule has 1 saturated heterocycles. The molecular formula is C17H24F3N3O. The summed E-state index contributed by atoms with van der Waals surface area (Å²) < 4.78 is 39.1. The Morgan fingerprint density at radius 1 is 1.25 bits per heavy atom. The fourth-order valence-electron chi connectivity index (χ4n) is 3.04. The number of rotatable bonds is 5. The Labute approximate surface area is 140 Å². The van der Waals surface area contributed by atoms with Crippen LogP contribution in [0.25, 0.3) is 0 Å². The van der Waals surface area contributed by atoms with Crippen molar-refractivity contribution in [3.8, 4) is 0 Å². The van der Waals surface area contributed by atoms with Crippen LogP contribution in [0.2, 0.25) is 0 Å². The van der Waals surface area contributed by atoms with Crippen LogP contribution in [0, 0.1) is 0 Å². The first-order valence-corrected chi connectivity index (χ1v) is 8.29. The second-order valence-electron chi connectivity index (χ2n) is 5.82. The van der Waals surface area contributed by atoms with E-state index in [1.165, 1.54) is 6.07 Å². The normalized spacial score (nSPS) is 17.5. The molecule has 1 aliphatic rings. The van der Waals surface area contributed by atoms with E-state index >= 15 is 0 Å². The fraction of sp³-hybridized carbons (Fsp3) is 0.588. The third-order valence-electron chi connectivity index (χ3n) is 4.36. The highest BCUT2D eigenvalue weighted by Crippen LogP contribution is 2.32. The molecule has 24 heavy (non-hydrogen) atoms. The smallest absolute Gasteiger partial charge is 0.342 e. The molecule has 1 aromatic rings. The highest BCUT2D eigenvalue weighted by atomic mass is 19.4. The molecule has 0 aliphatic carbocycles. The number of nitrogens with zero attached hydrogens (tertiary/aromatic N) is 2. The average Bonchev–Trinajstić information content (AvgIpc) is 2.57. The third kappa shape index (κ3) is 4.27. The van der Waals surface area contributed by atoms with Gasteiger partial charge in [0.15, 0.2) is 0 Å². The maximum absolute atomic E-state index is 13.0. The minimum atomic E-state index is -4.41. The number of piperazine rings is 1. The molecule has 1 aromatic carbocycles. The van der Waals surface area contributed by atoms with E-state index in [0.717, 1.165) is 25.2 Å². The number of alkyl halides is 3. The molecule has 1 fully saturated rings. The zero-order valence-electron chi connectivity index (χ0n) is 14.1. The molecule has 2 rings (SSSR count). The van der Waals surface area contributed by atoms with Gasteiger partial charge >= 0.3 is 6.18 Å². The van der Waals surface area contributed by atoms with Crippen LogP contribution in [0.4, 0.5) is 13.2 Å². The molecule has 1 amide bonds. The molecule has 1 heterocycles. The summed E-state index contributed by atoms with van der Waals surface area (Å²) in [5.41, 5.74) is -0.309. The Hall–Kier alpha value is -1.60. The number of amides is 1. The Balaban J connectivity index is 2.40. The SMILES string of the molecule is CCN(CC)C(=O)C(c1cccc(C(F)(F)F)c1)N1CCNCC1. The zero-order chi connectivity index (χ0) is 17.7. The minimum absolute atomic E-state index is 0.138. The predicted molar refractivity (Wildman–Crippen MR) is 86.6 cm³/mol. The number of likely N-dealkylation sites (N-methyl/N-ethyl adjacent to an activating group) is 1. The number of benzene rings is 1. The lowest BCUT2D eigenvalue weighted by atomic mass is 10.00. The summed E-state index contributed by atoms with van der Waals surface area (Å²) in [5.74, 6) is -0.138. The van der Waals surface area contributed by atoms with E-state index in [1.54, 1.807) is 11.0 Å². The van der Waals surface area contributed by atoms with E-state index in [1.807, 2.05) is 18.7 Å². The van der Waals surface area contributed by atoms with Gasteiger partial charge in [-0.1, -0.05) is 12.1 Å². The fourth-order valence-corrected chi connectivity index (χ4v) is 3.04. The summed E-state index contributed by atoms with van der Waals surface area (Å²) in [6.45, 7) is 7.54. The van der Waals surface area contributed by atoms with Gasteiger partial charge in [-0.25, -0.2) is 0 Å². The van der Waals surface area contributed by atoms with Crippen LogP contribution in [-0.2, 0) is 11.0 Å². The van der Waals surface area contributed by atoms with Gasteiger partial charge in [0, 0.05) is 39.3 Å². The maximum Gasteiger partial charge on any atom is 0.416 e. The largest absolute Gasteiger partial charge is 0.416 e. The second kappa shape index (κ2) is 7.98. The molecule has 1 atom stereocenters. The van der Waals surface area contributed by atoms with Crippen LogP contribution >= 0.6 is 0 Å². The molecule has 1 N–H and O–H groups in total. The number of halogens is 3. The summed E-state index contributed by atoms with van der Waals surface area (Å²) in [6, 6.07) is 4.47. The summed E-state index contributed by atoms with van der Waals surface area (Å²) in [4.78, 5) is 16.6. The zero-order valence-corrected chi connectivity index (χ0v) is 14.1. The Bertz CT molecular complexity index is 552. The van der Waals surface area contributed by atoms with Gasteiger partial charge in [-0.05, 0) is 31.5 Å². The molecule has 4 nitrogen and oxygen atoms in total. The number of hydrogen-bond donors (Lipinski definition) is 1. The van der Waals surface area contributed by atoms with Crippen molar-refractivity contribution in [1.82, 2.24) is 15.1 Å². The number of nitrogens with one attached hydrogen (secondary N) is 1. The topological polar surface area (TPSA) is 35.6 Å². The van der Waals surface area contributed by atoms with Crippen molar-refractivity contribution in [2.75, 3.05) is 39.3 Å². The van der Waals surface area contributed by atoms with Crippen molar-refractivity contribution in [2.24, 2.45) is 0 Å². The first-order valence-electron chi connectivity index (χ1n) is 8.29. The van der Waals surface area contributed by atoms with Crippen LogP contribution in [0.5, 0.6) is 0 Å². The van der Waals surface area contributed by atoms with Crippen molar-refractivity contribution in [3.05, 3.63) is 35.4 Å². The summed E-state index contributed by atoms with van der Waals surface area (Å²) in [7, 11) is 0. The van der Waals surface area contributed by atoms with Crippen LogP contribution in [0.3, 0.4) is 0 Å². The molecule has 1 unspecified atom stereocenters. The second-order valence-corrected chi connectivity index (χ2v) is 5.82. The molecule has 0 spiro atoms. The van der Waals surface area contributed by atoms with Crippen LogP contribution in [-0.4, -0.2) is 55.0 Å². The number of hydrogen-bond acceptors (Lipinski definition) is 3. The van der Waals surface area contributed by atoms with Gasteiger partial charge in [0.25, 0.3) is 0 Å². The van der Waals surface area contributed by atoms with Gasteiger partial charge in [0.05, 0.1) is 5.56 Å². The quantitative estimate of drug-likeness (QED) is 0.892. The van der Waals surface area contributed by atoms with Crippen LogP contribution in [0.1, 0.15) is 31.0 Å². The van der Waals surface area contributed by atoms with Gasteiger partial charge < -0.3 is 10.2 Å².